The van der Waals surface area contributed by atoms with Crippen molar-refractivity contribution in [2.75, 3.05) is 13.1 Å². The molecule has 1 amide bonds. The van der Waals surface area contributed by atoms with E-state index in [1.165, 1.54) is 19.3 Å². The molecule has 1 saturated heterocycles. The highest BCUT2D eigenvalue weighted by Gasteiger charge is 2.23. The lowest BCUT2D eigenvalue weighted by Gasteiger charge is -2.27. The van der Waals surface area contributed by atoms with Crippen molar-refractivity contribution in [3.05, 3.63) is 28.8 Å². The Kier molecular flexibility index (Phi) is 5.92. The molecule has 0 saturated carbocycles. The molecule has 21 heavy (non-hydrogen) atoms. The molecule has 0 spiro atoms. The summed E-state index contributed by atoms with van der Waals surface area (Å²) in [5, 5.41) is 0.549. The van der Waals surface area contributed by atoms with Crippen LogP contribution in [0.15, 0.2) is 18.2 Å². The van der Waals surface area contributed by atoms with Crippen LogP contribution in [0, 0.1) is 6.92 Å². The van der Waals surface area contributed by atoms with Gasteiger partial charge in [0.2, 0.25) is 0 Å². The largest absolute Gasteiger partial charge is 0.479 e. The van der Waals surface area contributed by atoms with E-state index in [1.54, 1.807) is 13.0 Å². The standard InChI is InChI=1S/C17H24ClNO2/c1-13-8-9-15(18)16(12-13)21-14(2)17(20)19-10-6-4-3-5-7-11-19/h8-9,12,14H,3-7,10-11H2,1-2H3. The minimum absolute atomic E-state index is 0.0643. The number of aryl methyl sites for hydroxylation is 1. The Balaban J connectivity index is 1.99. The van der Waals surface area contributed by atoms with Crippen LogP contribution in [0.5, 0.6) is 5.75 Å². The molecule has 0 bridgehead atoms. The number of halogens is 1. The van der Waals surface area contributed by atoms with Gasteiger partial charge in [0.05, 0.1) is 5.02 Å². The summed E-state index contributed by atoms with van der Waals surface area (Å²) in [4.78, 5) is 14.5. The fraction of sp³-hybridized carbons (Fsp3) is 0.588. The minimum atomic E-state index is -0.497. The van der Waals surface area contributed by atoms with Crippen LogP contribution in [-0.4, -0.2) is 30.0 Å². The molecule has 1 fully saturated rings. The zero-order valence-electron chi connectivity index (χ0n) is 12.9. The third-order valence-corrected chi connectivity index (χ3v) is 4.22. The Hall–Kier alpha value is -1.22. The van der Waals surface area contributed by atoms with Crippen LogP contribution in [0.1, 0.15) is 44.6 Å². The number of hydrogen-bond donors (Lipinski definition) is 0. The van der Waals surface area contributed by atoms with E-state index < -0.39 is 6.10 Å². The monoisotopic (exact) mass is 309 g/mol. The van der Waals surface area contributed by atoms with Crippen LogP contribution >= 0.6 is 11.6 Å². The van der Waals surface area contributed by atoms with Gasteiger partial charge in [0, 0.05) is 13.1 Å². The predicted molar refractivity (Wildman–Crippen MR) is 85.9 cm³/mol. The van der Waals surface area contributed by atoms with Crippen molar-refractivity contribution < 1.29 is 9.53 Å². The Morgan fingerprint density at radius 3 is 2.48 bits per heavy atom. The Bertz CT molecular complexity index is 482. The lowest BCUT2D eigenvalue weighted by Crippen LogP contribution is -2.42. The summed E-state index contributed by atoms with van der Waals surface area (Å²) in [6, 6.07) is 5.61. The molecule has 4 heteroatoms. The zero-order chi connectivity index (χ0) is 15.2. The minimum Gasteiger partial charge on any atom is -0.479 e. The summed E-state index contributed by atoms with van der Waals surface area (Å²) < 4.78 is 5.79. The van der Waals surface area contributed by atoms with Gasteiger partial charge in [-0.2, -0.15) is 0 Å². The van der Waals surface area contributed by atoms with Crippen LogP contribution in [0.3, 0.4) is 0 Å². The fourth-order valence-corrected chi connectivity index (χ4v) is 2.83. The molecule has 1 aliphatic heterocycles. The highest BCUT2D eigenvalue weighted by Crippen LogP contribution is 2.26. The molecule has 3 nitrogen and oxygen atoms in total. The van der Waals surface area contributed by atoms with E-state index in [0.717, 1.165) is 31.5 Å². The number of hydrogen-bond acceptors (Lipinski definition) is 2. The first kappa shape index (κ1) is 16.2. The summed E-state index contributed by atoms with van der Waals surface area (Å²) in [5.41, 5.74) is 1.07. The molecule has 116 valence electrons. The Morgan fingerprint density at radius 1 is 1.19 bits per heavy atom. The summed E-state index contributed by atoms with van der Waals surface area (Å²) in [6.07, 6.45) is 5.38. The van der Waals surface area contributed by atoms with Crippen molar-refractivity contribution in [2.24, 2.45) is 0 Å². The highest BCUT2D eigenvalue weighted by molar-refractivity contribution is 6.32. The molecule has 1 aromatic rings. The van der Waals surface area contributed by atoms with E-state index in [9.17, 15) is 4.79 Å². The van der Waals surface area contributed by atoms with Gasteiger partial charge in [-0.1, -0.05) is 36.9 Å². The second-order valence-electron chi connectivity index (χ2n) is 5.79. The van der Waals surface area contributed by atoms with Gasteiger partial charge in [0.1, 0.15) is 5.75 Å². The summed E-state index contributed by atoms with van der Waals surface area (Å²) >= 11 is 6.13. The molecule has 1 atom stereocenters. The average molecular weight is 310 g/mol. The number of ether oxygens (including phenoxy) is 1. The van der Waals surface area contributed by atoms with Gasteiger partial charge in [-0.3, -0.25) is 4.79 Å². The van der Waals surface area contributed by atoms with Gasteiger partial charge >= 0.3 is 0 Å². The molecule has 1 unspecified atom stereocenters. The number of benzene rings is 1. The first-order valence-corrected chi connectivity index (χ1v) is 8.17. The number of amides is 1. The lowest BCUT2D eigenvalue weighted by atomic mass is 10.1. The van der Waals surface area contributed by atoms with Crippen LogP contribution < -0.4 is 4.74 Å². The number of rotatable bonds is 3. The predicted octanol–water partition coefficient (Wildman–Crippen LogP) is 4.21. The topological polar surface area (TPSA) is 29.5 Å². The van der Waals surface area contributed by atoms with Crippen molar-refractivity contribution in [1.29, 1.82) is 0 Å². The van der Waals surface area contributed by atoms with Crippen molar-refractivity contribution in [2.45, 2.75) is 52.1 Å². The molecule has 1 aliphatic rings. The summed E-state index contributed by atoms with van der Waals surface area (Å²) in [6.45, 7) is 5.47. The van der Waals surface area contributed by atoms with Gasteiger partial charge in [0.15, 0.2) is 6.10 Å². The van der Waals surface area contributed by atoms with Gasteiger partial charge in [-0.15, -0.1) is 0 Å². The van der Waals surface area contributed by atoms with E-state index in [2.05, 4.69) is 0 Å². The lowest BCUT2D eigenvalue weighted by molar-refractivity contribution is -0.138. The average Bonchev–Trinajstić information content (AvgIpc) is 2.42. The third-order valence-electron chi connectivity index (χ3n) is 3.91. The van der Waals surface area contributed by atoms with Gasteiger partial charge < -0.3 is 9.64 Å². The van der Waals surface area contributed by atoms with Gasteiger partial charge in [0.25, 0.3) is 5.91 Å². The SMILES string of the molecule is Cc1ccc(Cl)c(OC(C)C(=O)N2CCCCCCC2)c1. The number of carbonyl (C=O) groups is 1. The maximum Gasteiger partial charge on any atom is 0.263 e. The molecule has 1 heterocycles. The highest BCUT2D eigenvalue weighted by atomic mass is 35.5. The Morgan fingerprint density at radius 2 is 1.81 bits per heavy atom. The fourth-order valence-electron chi connectivity index (χ4n) is 2.67. The van der Waals surface area contributed by atoms with E-state index in [0.29, 0.717) is 10.8 Å². The molecule has 0 radical (unpaired) electrons. The summed E-state index contributed by atoms with van der Waals surface area (Å²) in [5.74, 6) is 0.652. The zero-order valence-corrected chi connectivity index (χ0v) is 13.7. The van der Waals surface area contributed by atoms with Crippen molar-refractivity contribution in [1.82, 2.24) is 4.90 Å². The van der Waals surface area contributed by atoms with Gasteiger partial charge in [-0.05, 0) is 44.4 Å². The van der Waals surface area contributed by atoms with E-state index in [1.807, 2.05) is 24.0 Å². The van der Waals surface area contributed by atoms with E-state index in [4.69, 9.17) is 16.3 Å². The maximum atomic E-state index is 12.5. The molecule has 1 aromatic carbocycles. The van der Waals surface area contributed by atoms with Crippen LogP contribution in [0.2, 0.25) is 5.02 Å². The van der Waals surface area contributed by atoms with E-state index in [-0.39, 0.29) is 5.91 Å². The second-order valence-corrected chi connectivity index (χ2v) is 6.19. The van der Waals surface area contributed by atoms with Crippen molar-refractivity contribution >= 4 is 17.5 Å². The normalized spacial score (nSPS) is 17.8. The first-order chi connectivity index (χ1) is 10.1. The smallest absolute Gasteiger partial charge is 0.263 e. The number of likely N-dealkylation sites (tertiary alicyclic amines) is 1. The summed E-state index contributed by atoms with van der Waals surface area (Å²) in [7, 11) is 0. The van der Waals surface area contributed by atoms with Crippen LogP contribution in [0.25, 0.3) is 0 Å². The quantitative estimate of drug-likeness (QED) is 0.837. The molecule has 0 aliphatic carbocycles. The number of nitrogens with zero attached hydrogens (tertiary/aromatic N) is 1. The second kappa shape index (κ2) is 7.69. The van der Waals surface area contributed by atoms with Crippen LogP contribution in [0.4, 0.5) is 0 Å². The Labute approximate surface area is 132 Å². The van der Waals surface area contributed by atoms with Gasteiger partial charge in [-0.25, -0.2) is 0 Å². The van der Waals surface area contributed by atoms with Crippen molar-refractivity contribution in [3.63, 3.8) is 0 Å². The molecule has 0 aromatic heterocycles. The molecule has 2 rings (SSSR count). The van der Waals surface area contributed by atoms with E-state index >= 15 is 0 Å². The number of carbonyl (C=O) groups excluding carboxylic acids is 1. The third kappa shape index (κ3) is 4.63. The molecular formula is C17H24ClNO2. The molecule has 0 N–H and O–H groups in total. The maximum absolute atomic E-state index is 12.5. The van der Waals surface area contributed by atoms with Crippen LogP contribution in [-0.2, 0) is 4.79 Å². The first-order valence-electron chi connectivity index (χ1n) is 7.79. The molecular weight excluding hydrogens is 286 g/mol. The van der Waals surface area contributed by atoms with Crippen molar-refractivity contribution in [3.8, 4) is 5.75 Å².